The Kier molecular flexibility index (Phi) is 10.1. The Morgan fingerprint density at radius 3 is 2.53 bits per heavy atom. The number of aliphatic imine (C=N–C) groups is 1. The van der Waals surface area contributed by atoms with E-state index in [-0.39, 0.29) is 30.1 Å². The third kappa shape index (κ3) is 7.79. The van der Waals surface area contributed by atoms with Crippen LogP contribution in [0.25, 0.3) is 0 Å². The molecule has 1 aromatic rings. The zero-order valence-corrected chi connectivity index (χ0v) is 22.5. The molecule has 1 atom stereocenters. The van der Waals surface area contributed by atoms with E-state index in [0.29, 0.717) is 19.0 Å². The van der Waals surface area contributed by atoms with Crippen molar-refractivity contribution in [3.05, 3.63) is 18.0 Å². The third-order valence-electron chi connectivity index (χ3n) is 5.72. The molecule has 2 saturated heterocycles. The Hall–Kier alpha value is -1.56. The normalized spacial score (nSPS) is 20.3. The zero-order chi connectivity index (χ0) is 22.4. The van der Waals surface area contributed by atoms with E-state index in [4.69, 9.17) is 9.73 Å². The fourth-order valence-corrected chi connectivity index (χ4v) is 4.08. The Balaban J connectivity index is 0.00000363. The maximum atomic E-state index is 12.2. The molecule has 0 bridgehead atoms. The minimum absolute atomic E-state index is 0. The highest BCUT2D eigenvalue weighted by atomic mass is 127. The van der Waals surface area contributed by atoms with Gasteiger partial charge in [-0.1, -0.05) is 0 Å². The Bertz CT molecular complexity index is 754. The van der Waals surface area contributed by atoms with Gasteiger partial charge in [0.1, 0.15) is 5.60 Å². The van der Waals surface area contributed by atoms with Crippen molar-refractivity contribution in [3.63, 3.8) is 0 Å². The fraction of sp³-hybridized carbons (Fsp3) is 0.773. The van der Waals surface area contributed by atoms with Crippen LogP contribution in [0.2, 0.25) is 0 Å². The molecule has 1 aromatic heterocycles. The molecular weight excluding hydrogens is 521 g/mol. The van der Waals surface area contributed by atoms with Crippen LogP contribution in [0.5, 0.6) is 0 Å². The number of hydrogen-bond acceptors (Lipinski definition) is 5. The van der Waals surface area contributed by atoms with Crippen molar-refractivity contribution in [2.24, 2.45) is 12.0 Å². The van der Waals surface area contributed by atoms with Gasteiger partial charge in [-0.15, -0.1) is 24.0 Å². The molecule has 9 nitrogen and oxygen atoms in total. The van der Waals surface area contributed by atoms with Crippen LogP contribution < -0.4 is 5.32 Å². The van der Waals surface area contributed by atoms with E-state index in [0.717, 1.165) is 58.2 Å². The lowest BCUT2D eigenvalue weighted by Crippen LogP contribution is -2.50. The number of halogens is 1. The summed E-state index contributed by atoms with van der Waals surface area (Å²) in [6.07, 6.45) is 5.02. The molecular formula is C22H40IN7O2. The average molecular weight is 562 g/mol. The summed E-state index contributed by atoms with van der Waals surface area (Å²) in [5.74, 6) is 1.51. The molecule has 182 valence electrons. The standard InChI is InChI=1S/C22H39N7O2.HI/c1-6-23-20(29-9-7-18(17-29)19-15-25-26(5)16-19)24-8-10-27-11-13-28(14-12-27)21(30)31-22(2,3)4;/h15-16,18H,6-14,17H2,1-5H3,(H,23,24);1H. The lowest BCUT2D eigenvalue weighted by Gasteiger charge is -2.35. The molecule has 10 heteroatoms. The molecule has 3 heterocycles. The summed E-state index contributed by atoms with van der Waals surface area (Å²) < 4.78 is 7.35. The van der Waals surface area contributed by atoms with Crippen molar-refractivity contribution in [2.45, 2.75) is 45.6 Å². The Morgan fingerprint density at radius 2 is 1.94 bits per heavy atom. The second kappa shape index (κ2) is 12.1. The second-order valence-corrected chi connectivity index (χ2v) is 9.42. The number of nitrogens with zero attached hydrogens (tertiary/aromatic N) is 6. The minimum atomic E-state index is -0.447. The number of likely N-dealkylation sites (tertiary alicyclic amines) is 1. The van der Waals surface area contributed by atoms with Crippen LogP contribution in [-0.4, -0.2) is 101 Å². The van der Waals surface area contributed by atoms with Gasteiger partial charge in [0.25, 0.3) is 0 Å². The first-order valence-corrected chi connectivity index (χ1v) is 11.5. The molecule has 0 aromatic carbocycles. The molecule has 1 unspecified atom stereocenters. The van der Waals surface area contributed by atoms with Gasteiger partial charge in [0.2, 0.25) is 0 Å². The lowest BCUT2D eigenvalue weighted by molar-refractivity contribution is 0.0148. The smallest absolute Gasteiger partial charge is 0.410 e. The van der Waals surface area contributed by atoms with Crippen molar-refractivity contribution in [3.8, 4) is 0 Å². The number of guanidine groups is 1. The zero-order valence-electron chi connectivity index (χ0n) is 20.2. The van der Waals surface area contributed by atoms with E-state index in [1.54, 1.807) is 4.90 Å². The van der Waals surface area contributed by atoms with E-state index in [1.165, 1.54) is 5.56 Å². The highest BCUT2D eigenvalue weighted by Crippen LogP contribution is 2.26. The van der Waals surface area contributed by atoms with Crippen LogP contribution in [0.3, 0.4) is 0 Å². The van der Waals surface area contributed by atoms with Gasteiger partial charge in [-0.3, -0.25) is 14.6 Å². The number of carbonyl (C=O) groups excluding carboxylic acids is 1. The highest BCUT2D eigenvalue weighted by Gasteiger charge is 2.28. The molecule has 0 aliphatic carbocycles. The first kappa shape index (κ1) is 26.7. The first-order chi connectivity index (χ1) is 14.7. The molecule has 0 saturated carbocycles. The monoisotopic (exact) mass is 561 g/mol. The summed E-state index contributed by atoms with van der Waals surface area (Å²) in [6, 6.07) is 0. The number of rotatable bonds is 5. The maximum Gasteiger partial charge on any atom is 0.410 e. The second-order valence-electron chi connectivity index (χ2n) is 9.42. The number of ether oxygens (including phenoxy) is 1. The van der Waals surface area contributed by atoms with Gasteiger partial charge in [0.15, 0.2) is 5.96 Å². The molecule has 2 aliphatic rings. The number of carbonyl (C=O) groups is 1. The van der Waals surface area contributed by atoms with E-state index in [2.05, 4.69) is 33.3 Å². The molecule has 2 fully saturated rings. The SMILES string of the molecule is CCNC(=NCCN1CCN(C(=O)OC(C)(C)C)CC1)N1CCC(c2cnn(C)c2)C1.I. The summed E-state index contributed by atoms with van der Waals surface area (Å²) in [6.45, 7) is 15.5. The van der Waals surface area contributed by atoms with Gasteiger partial charge in [-0.2, -0.15) is 5.10 Å². The Labute approximate surface area is 209 Å². The molecule has 1 N–H and O–H groups in total. The molecule has 3 rings (SSSR count). The van der Waals surface area contributed by atoms with Gasteiger partial charge in [-0.05, 0) is 39.7 Å². The van der Waals surface area contributed by atoms with Crippen molar-refractivity contribution in [1.29, 1.82) is 0 Å². The van der Waals surface area contributed by atoms with E-state index >= 15 is 0 Å². The first-order valence-electron chi connectivity index (χ1n) is 11.5. The summed E-state index contributed by atoms with van der Waals surface area (Å²) >= 11 is 0. The van der Waals surface area contributed by atoms with E-state index < -0.39 is 5.60 Å². The summed E-state index contributed by atoms with van der Waals surface area (Å²) in [4.78, 5) is 23.6. The van der Waals surface area contributed by atoms with Crippen LogP contribution in [0, 0.1) is 0 Å². The van der Waals surface area contributed by atoms with E-state index in [9.17, 15) is 4.79 Å². The summed E-state index contributed by atoms with van der Waals surface area (Å²) in [5, 5.41) is 7.77. The summed E-state index contributed by atoms with van der Waals surface area (Å²) in [5.41, 5.74) is 0.862. The predicted molar refractivity (Wildman–Crippen MR) is 138 cm³/mol. The topological polar surface area (TPSA) is 78.2 Å². The number of amides is 1. The predicted octanol–water partition coefficient (Wildman–Crippen LogP) is 2.35. The number of aromatic nitrogens is 2. The molecule has 0 radical (unpaired) electrons. The van der Waals surface area contributed by atoms with Crippen LogP contribution in [0.4, 0.5) is 4.79 Å². The highest BCUT2D eigenvalue weighted by molar-refractivity contribution is 14.0. The molecule has 2 aliphatic heterocycles. The molecule has 32 heavy (non-hydrogen) atoms. The number of nitrogens with one attached hydrogen (secondary N) is 1. The lowest BCUT2D eigenvalue weighted by atomic mass is 10.0. The van der Waals surface area contributed by atoms with Gasteiger partial charge in [0, 0.05) is 71.5 Å². The van der Waals surface area contributed by atoms with Crippen molar-refractivity contribution in [2.75, 3.05) is 58.9 Å². The average Bonchev–Trinajstić information content (AvgIpc) is 3.35. The van der Waals surface area contributed by atoms with Crippen LogP contribution in [-0.2, 0) is 11.8 Å². The third-order valence-corrected chi connectivity index (χ3v) is 5.72. The van der Waals surface area contributed by atoms with Crippen molar-refractivity contribution >= 4 is 36.0 Å². The maximum absolute atomic E-state index is 12.2. The molecule has 1 amide bonds. The van der Waals surface area contributed by atoms with Gasteiger partial charge in [0.05, 0.1) is 12.7 Å². The van der Waals surface area contributed by atoms with Gasteiger partial charge >= 0.3 is 6.09 Å². The number of hydrogen-bond donors (Lipinski definition) is 1. The molecule has 0 spiro atoms. The number of piperazine rings is 1. The van der Waals surface area contributed by atoms with Crippen molar-refractivity contribution < 1.29 is 9.53 Å². The number of aryl methyl sites for hydroxylation is 1. The van der Waals surface area contributed by atoms with Crippen molar-refractivity contribution in [1.82, 2.24) is 29.8 Å². The van der Waals surface area contributed by atoms with E-state index in [1.807, 2.05) is 38.7 Å². The van der Waals surface area contributed by atoms with Crippen LogP contribution in [0.15, 0.2) is 17.4 Å². The Morgan fingerprint density at radius 1 is 1.22 bits per heavy atom. The minimum Gasteiger partial charge on any atom is -0.444 e. The fourth-order valence-electron chi connectivity index (χ4n) is 4.08. The van der Waals surface area contributed by atoms with Gasteiger partial charge in [-0.25, -0.2) is 4.79 Å². The summed E-state index contributed by atoms with van der Waals surface area (Å²) in [7, 11) is 1.97. The largest absolute Gasteiger partial charge is 0.444 e. The van der Waals surface area contributed by atoms with Crippen LogP contribution in [0.1, 0.15) is 45.6 Å². The van der Waals surface area contributed by atoms with Gasteiger partial charge < -0.3 is 19.9 Å². The van der Waals surface area contributed by atoms with Crippen LogP contribution >= 0.6 is 24.0 Å². The quantitative estimate of drug-likeness (QED) is 0.338.